The Balaban J connectivity index is 2.98. The van der Waals surface area contributed by atoms with E-state index in [1.807, 2.05) is 13.0 Å². The Hall–Kier alpha value is -1.75. The molecule has 0 unspecified atom stereocenters. The molecule has 1 rings (SSSR count). The minimum atomic E-state index is -0.0609. The van der Waals surface area contributed by atoms with Crippen LogP contribution in [-0.2, 0) is 0 Å². The normalized spacial score (nSPS) is 9.23. The van der Waals surface area contributed by atoms with Crippen LogP contribution in [0.5, 0.6) is 0 Å². The Morgan fingerprint density at radius 2 is 2.31 bits per heavy atom. The summed E-state index contributed by atoms with van der Waals surface area (Å²) in [7, 11) is 0. The molecule has 0 spiro atoms. The largest absolute Gasteiger partial charge is 0.398 e. The van der Waals surface area contributed by atoms with Gasteiger partial charge < -0.3 is 5.73 Å². The smallest absolute Gasteiger partial charge is 0.174 e. The van der Waals surface area contributed by atoms with Gasteiger partial charge in [-0.3, -0.25) is 4.79 Å². The fourth-order valence-corrected chi connectivity index (χ4v) is 1.01. The highest BCUT2D eigenvalue weighted by molar-refractivity contribution is 5.98. The van der Waals surface area contributed by atoms with E-state index in [4.69, 9.17) is 12.2 Å². The highest BCUT2D eigenvalue weighted by atomic mass is 16.1. The Morgan fingerprint density at radius 3 is 2.85 bits per heavy atom. The van der Waals surface area contributed by atoms with Gasteiger partial charge in [0.05, 0.1) is 6.42 Å². The Morgan fingerprint density at radius 1 is 1.62 bits per heavy atom. The van der Waals surface area contributed by atoms with E-state index in [9.17, 15) is 4.79 Å². The molecule has 1 aromatic rings. The first-order valence-corrected chi connectivity index (χ1v) is 3.98. The summed E-state index contributed by atoms with van der Waals surface area (Å²) in [4.78, 5) is 11.3. The summed E-state index contributed by atoms with van der Waals surface area (Å²) in [5.41, 5.74) is 7.83. The molecule has 0 atom stereocenters. The first-order valence-electron chi connectivity index (χ1n) is 3.98. The molecule has 2 heteroatoms. The lowest BCUT2D eigenvalue weighted by molar-refractivity contribution is 0.0998. The molecule has 13 heavy (non-hydrogen) atoms. The number of carbonyl (C=O) groups excluding carboxylic acids is 1. The van der Waals surface area contributed by atoms with E-state index in [0.717, 1.165) is 5.56 Å². The monoisotopic (exact) mass is 173 g/mol. The van der Waals surface area contributed by atoms with Gasteiger partial charge in [-0.1, -0.05) is 18.1 Å². The predicted octanol–water partition coefficient (Wildman–Crippen LogP) is 1.78. The number of anilines is 1. The lowest BCUT2D eigenvalue weighted by atomic mass is 10.1. The Kier molecular flexibility index (Phi) is 2.71. The zero-order valence-corrected chi connectivity index (χ0v) is 7.50. The van der Waals surface area contributed by atoms with Crippen LogP contribution >= 0.6 is 0 Å². The number of aryl methyl sites for hydroxylation is 1. The SMILES string of the molecule is C#CCC(=O)c1ccc(C)c(N)c1. The number of benzene rings is 1. The maximum Gasteiger partial charge on any atom is 0.174 e. The fourth-order valence-electron chi connectivity index (χ4n) is 1.01. The lowest BCUT2D eigenvalue weighted by Gasteiger charge is -2.01. The Labute approximate surface area is 77.8 Å². The van der Waals surface area contributed by atoms with E-state index in [1.54, 1.807) is 12.1 Å². The van der Waals surface area contributed by atoms with Gasteiger partial charge in [-0.15, -0.1) is 6.42 Å². The molecule has 2 N–H and O–H groups in total. The molecular formula is C11H11NO. The summed E-state index contributed by atoms with van der Waals surface area (Å²) < 4.78 is 0. The minimum Gasteiger partial charge on any atom is -0.398 e. The molecule has 0 heterocycles. The summed E-state index contributed by atoms with van der Waals surface area (Å²) in [5, 5.41) is 0. The van der Waals surface area contributed by atoms with Gasteiger partial charge in [-0.05, 0) is 18.6 Å². The molecule has 0 radical (unpaired) electrons. The number of rotatable bonds is 2. The van der Waals surface area contributed by atoms with E-state index in [0.29, 0.717) is 11.3 Å². The van der Waals surface area contributed by atoms with Crippen LogP contribution in [0.3, 0.4) is 0 Å². The van der Waals surface area contributed by atoms with Gasteiger partial charge in [0, 0.05) is 11.3 Å². The van der Waals surface area contributed by atoms with Gasteiger partial charge in [0.1, 0.15) is 0 Å². The molecule has 0 aromatic heterocycles. The molecule has 1 aromatic carbocycles. The van der Waals surface area contributed by atoms with Gasteiger partial charge in [0.15, 0.2) is 5.78 Å². The van der Waals surface area contributed by atoms with Crippen molar-refractivity contribution in [3.05, 3.63) is 29.3 Å². The number of carbonyl (C=O) groups is 1. The molecule has 0 aliphatic heterocycles. The maximum absolute atomic E-state index is 11.3. The zero-order chi connectivity index (χ0) is 9.84. The molecule has 0 amide bonds. The van der Waals surface area contributed by atoms with Crippen molar-refractivity contribution in [3.63, 3.8) is 0 Å². The topological polar surface area (TPSA) is 43.1 Å². The lowest BCUT2D eigenvalue weighted by Crippen LogP contribution is -1.99. The number of nitrogens with two attached hydrogens (primary N) is 1. The van der Waals surface area contributed by atoms with Crippen LogP contribution in [0.15, 0.2) is 18.2 Å². The summed E-state index contributed by atoms with van der Waals surface area (Å²) in [6.07, 6.45) is 5.16. The first-order chi connectivity index (χ1) is 6.15. The van der Waals surface area contributed by atoms with Crippen molar-refractivity contribution in [1.29, 1.82) is 0 Å². The highest BCUT2D eigenvalue weighted by Gasteiger charge is 2.04. The minimum absolute atomic E-state index is 0.0609. The second-order valence-electron chi connectivity index (χ2n) is 2.88. The predicted molar refractivity (Wildman–Crippen MR) is 53.4 cm³/mol. The number of hydrogen-bond acceptors (Lipinski definition) is 2. The van der Waals surface area contributed by atoms with Gasteiger partial charge in [0.25, 0.3) is 0 Å². The molecule has 0 aliphatic carbocycles. The maximum atomic E-state index is 11.3. The van der Waals surface area contributed by atoms with E-state index < -0.39 is 0 Å². The van der Waals surface area contributed by atoms with E-state index in [2.05, 4.69) is 5.92 Å². The number of ketones is 1. The quantitative estimate of drug-likeness (QED) is 0.421. The van der Waals surface area contributed by atoms with Gasteiger partial charge >= 0.3 is 0 Å². The van der Waals surface area contributed by atoms with Crippen molar-refractivity contribution in [2.24, 2.45) is 0 Å². The van der Waals surface area contributed by atoms with Crippen LogP contribution in [0.2, 0.25) is 0 Å². The van der Waals surface area contributed by atoms with E-state index in [1.165, 1.54) is 0 Å². The molecule has 66 valence electrons. The summed E-state index contributed by atoms with van der Waals surface area (Å²) in [6, 6.07) is 5.22. The third kappa shape index (κ3) is 2.09. The van der Waals surface area contributed by atoms with E-state index >= 15 is 0 Å². The molecular weight excluding hydrogens is 162 g/mol. The van der Waals surface area contributed by atoms with E-state index in [-0.39, 0.29) is 12.2 Å². The van der Waals surface area contributed by atoms with Crippen LogP contribution in [0.4, 0.5) is 5.69 Å². The van der Waals surface area contributed by atoms with Crippen molar-refractivity contribution < 1.29 is 4.79 Å². The average Bonchev–Trinajstić information content (AvgIpc) is 2.10. The molecule has 0 bridgehead atoms. The van der Waals surface area contributed by atoms with Crippen molar-refractivity contribution in [3.8, 4) is 12.3 Å². The molecule has 0 aliphatic rings. The van der Waals surface area contributed by atoms with Crippen molar-refractivity contribution >= 4 is 11.5 Å². The van der Waals surface area contributed by atoms with Crippen molar-refractivity contribution in [2.75, 3.05) is 5.73 Å². The molecule has 0 saturated heterocycles. The van der Waals surface area contributed by atoms with Crippen LogP contribution in [0, 0.1) is 19.3 Å². The molecule has 2 nitrogen and oxygen atoms in total. The van der Waals surface area contributed by atoms with Crippen LogP contribution < -0.4 is 5.73 Å². The summed E-state index contributed by atoms with van der Waals surface area (Å²) >= 11 is 0. The van der Waals surface area contributed by atoms with Gasteiger partial charge in [-0.2, -0.15) is 0 Å². The highest BCUT2D eigenvalue weighted by Crippen LogP contribution is 2.13. The van der Waals surface area contributed by atoms with Gasteiger partial charge in [-0.25, -0.2) is 0 Å². The second-order valence-corrected chi connectivity index (χ2v) is 2.88. The number of hydrogen-bond donors (Lipinski definition) is 1. The zero-order valence-electron chi connectivity index (χ0n) is 7.50. The number of Topliss-reactive ketones (excluding diaryl/α,β-unsaturated/α-hetero) is 1. The summed E-state index contributed by atoms with van der Waals surface area (Å²) in [6.45, 7) is 1.89. The number of nitrogen functional groups attached to an aromatic ring is 1. The number of terminal acetylenes is 1. The first kappa shape index (κ1) is 9.34. The van der Waals surface area contributed by atoms with Gasteiger partial charge in [0.2, 0.25) is 0 Å². The van der Waals surface area contributed by atoms with Crippen LogP contribution in [0.1, 0.15) is 22.3 Å². The second kappa shape index (κ2) is 3.77. The van der Waals surface area contributed by atoms with Crippen LogP contribution in [0.25, 0.3) is 0 Å². The molecule has 0 saturated carbocycles. The summed E-state index contributed by atoms with van der Waals surface area (Å²) in [5.74, 6) is 2.25. The molecule has 0 fully saturated rings. The fraction of sp³-hybridized carbons (Fsp3) is 0.182. The van der Waals surface area contributed by atoms with Crippen molar-refractivity contribution in [1.82, 2.24) is 0 Å². The average molecular weight is 173 g/mol. The van der Waals surface area contributed by atoms with Crippen molar-refractivity contribution in [2.45, 2.75) is 13.3 Å². The Bertz CT molecular complexity index is 374. The third-order valence-electron chi connectivity index (χ3n) is 1.86. The standard InChI is InChI=1S/C11H11NO/c1-3-4-11(13)9-6-5-8(2)10(12)7-9/h1,5-7H,4,12H2,2H3. The van der Waals surface area contributed by atoms with Crippen LogP contribution in [-0.4, -0.2) is 5.78 Å². The third-order valence-corrected chi connectivity index (χ3v) is 1.86.